The van der Waals surface area contributed by atoms with Crippen LogP contribution in [0.3, 0.4) is 0 Å². The number of amides is 1. The lowest BCUT2D eigenvalue weighted by atomic mass is 10.1. The highest BCUT2D eigenvalue weighted by atomic mass is 32.2. The van der Waals surface area contributed by atoms with Gasteiger partial charge in [-0.3, -0.25) is 9.89 Å². The van der Waals surface area contributed by atoms with Crippen LogP contribution in [-0.4, -0.2) is 32.3 Å². The van der Waals surface area contributed by atoms with Crippen LogP contribution in [0.2, 0.25) is 0 Å². The van der Waals surface area contributed by atoms with Gasteiger partial charge in [-0.15, -0.1) is 11.8 Å². The van der Waals surface area contributed by atoms with E-state index in [1.54, 1.807) is 30.1 Å². The van der Waals surface area contributed by atoms with Crippen LogP contribution in [0.15, 0.2) is 47.6 Å². The molecule has 0 saturated carbocycles. The third-order valence-corrected chi connectivity index (χ3v) is 3.87. The van der Waals surface area contributed by atoms with Gasteiger partial charge < -0.3 is 5.32 Å². The number of hydrogen-bond acceptors (Lipinski definition) is 5. The van der Waals surface area contributed by atoms with Crippen LogP contribution in [0, 0.1) is 6.92 Å². The van der Waals surface area contributed by atoms with E-state index in [-0.39, 0.29) is 5.91 Å². The lowest BCUT2D eigenvalue weighted by molar-refractivity contribution is 0.102. The van der Waals surface area contributed by atoms with E-state index in [1.165, 1.54) is 0 Å². The topological polar surface area (TPSA) is 83.6 Å². The Hall–Kier alpha value is -2.67. The van der Waals surface area contributed by atoms with Crippen LogP contribution >= 0.6 is 11.8 Å². The molecule has 0 spiro atoms. The summed E-state index contributed by atoms with van der Waals surface area (Å²) >= 11 is 1.56. The first-order valence-electron chi connectivity index (χ1n) is 6.96. The number of nitrogens with one attached hydrogen (secondary N) is 2. The van der Waals surface area contributed by atoms with Crippen LogP contribution in [0.1, 0.15) is 16.2 Å². The van der Waals surface area contributed by atoms with E-state index >= 15 is 0 Å². The molecule has 0 atom stereocenters. The van der Waals surface area contributed by atoms with Gasteiger partial charge in [-0.25, -0.2) is 9.97 Å². The quantitative estimate of drug-likeness (QED) is 0.720. The first kappa shape index (κ1) is 15.2. The number of nitrogens with zero attached hydrogens (tertiary/aromatic N) is 3. The molecule has 0 fully saturated rings. The minimum Gasteiger partial charge on any atom is -0.321 e. The number of aromatic nitrogens is 4. The average Bonchev–Trinajstić information content (AvgIpc) is 3.02. The molecule has 0 aliphatic heterocycles. The van der Waals surface area contributed by atoms with E-state index in [0.29, 0.717) is 17.1 Å². The van der Waals surface area contributed by atoms with Crippen LogP contribution in [0.4, 0.5) is 5.69 Å². The summed E-state index contributed by atoms with van der Waals surface area (Å²) in [5.74, 6) is 1.19. The highest BCUT2D eigenvalue weighted by molar-refractivity contribution is 7.98. The van der Waals surface area contributed by atoms with Crippen LogP contribution in [0.25, 0.3) is 11.4 Å². The van der Waals surface area contributed by atoms with Gasteiger partial charge >= 0.3 is 0 Å². The van der Waals surface area contributed by atoms with E-state index in [0.717, 1.165) is 16.4 Å². The van der Waals surface area contributed by atoms with Crippen LogP contribution in [-0.2, 0) is 0 Å². The number of pyridine rings is 1. The maximum Gasteiger partial charge on any atom is 0.255 e. The number of thioether (sulfide) groups is 1. The van der Waals surface area contributed by atoms with E-state index in [4.69, 9.17) is 0 Å². The fourth-order valence-electron chi connectivity index (χ4n) is 2.02. The smallest absolute Gasteiger partial charge is 0.255 e. The lowest BCUT2D eigenvalue weighted by Crippen LogP contribution is -2.11. The van der Waals surface area contributed by atoms with Crippen molar-refractivity contribution in [1.29, 1.82) is 0 Å². The Morgan fingerprint density at radius 1 is 1.17 bits per heavy atom. The zero-order valence-electron chi connectivity index (χ0n) is 12.7. The summed E-state index contributed by atoms with van der Waals surface area (Å²) in [6.45, 7) is 1.84. The summed E-state index contributed by atoms with van der Waals surface area (Å²) in [4.78, 5) is 20.7. The highest BCUT2D eigenvalue weighted by Gasteiger charge is 2.08. The van der Waals surface area contributed by atoms with Crippen molar-refractivity contribution in [3.63, 3.8) is 0 Å². The Kier molecular flexibility index (Phi) is 4.38. The molecule has 0 radical (unpaired) electrons. The molecule has 116 valence electrons. The van der Waals surface area contributed by atoms with Crippen molar-refractivity contribution in [2.24, 2.45) is 0 Å². The maximum atomic E-state index is 12.2. The molecule has 3 aromatic rings. The zero-order chi connectivity index (χ0) is 16.2. The standard InChI is InChI=1S/C16H15N5OS/c1-10-18-15(21-20-10)11-3-5-12(6-4-11)16(22)19-13-7-8-14(23-2)17-9-13/h3-9H,1-2H3,(H,19,22)(H,18,20,21). The summed E-state index contributed by atoms with van der Waals surface area (Å²) in [6.07, 6.45) is 3.60. The first-order valence-corrected chi connectivity index (χ1v) is 8.19. The van der Waals surface area contributed by atoms with Gasteiger partial charge in [-0.2, -0.15) is 5.10 Å². The van der Waals surface area contributed by atoms with Crippen molar-refractivity contribution in [2.45, 2.75) is 11.9 Å². The summed E-state index contributed by atoms with van der Waals surface area (Å²) in [6, 6.07) is 10.9. The van der Waals surface area contributed by atoms with Gasteiger partial charge in [-0.1, -0.05) is 12.1 Å². The summed E-state index contributed by atoms with van der Waals surface area (Å²) in [7, 11) is 0. The molecule has 1 aromatic carbocycles. The van der Waals surface area contributed by atoms with Gasteiger partial charge in [-0.05, 0) is 37.4 Å². The van der Waals surface area contributed by atoms with Gasteiger partial charge in [0.1, 0.15) is 5.82 Å². The second kappa shape index (κ2) is 6.62. The predicted molar refractivity (Wildman–Crippen MR) is 90.5 cm³/mol. The first-order chi connectivity index (χ1) is 11.2. The lowest BCUT2D eigenvalue weighted by Gasteiger charge is -2.06. The number of rotatable bonds is 4. The highest BCUT2D eigenvalue weighted by Crippen LogP contribution is 2.17. The van der Waals surface area contributed by atoms with Crippen molar-refractivity contribution in [3.05, 3.63) is 54.0 Å². The Bertz CT molecular complexity index is 811. The fourth-order valence-corrected chi connectivity index (χ4v) is 2.38. The molecule has 0 saturated heterocycles. The molecule has 23 heavy (non-hydrogen) atoms. The predicted octanol–water partition coefficient (Wildman–Crippen LogP) is 3.15. The normalized spacial score (nSPS) is 10.5. The van der Waals surface area contributed by atoms with Gasteiger partial charge in [0.15, 0.2) is 5.82 Å². The number of aromatic amines is 1. The third-order valence-electron chi connectivity index (χ3n) is 3.21. The minimum absolute atomic E-state index is 0.179. The third kappa shape index (κ3) is 3.57. The Morgan fingerprint density at radius 3 is 2.52 bits per heavy atom. The van der Waals surface area contributed by atoms with E-state index in [1.807, 2.05) is 37.4 Å². The van der Waals surface area contributed by atoms with Crippen molar-refractivity contribution < 1.29 is 4.79 Å². The average molecular weight is 325 g/mol. The molecule has 7 heteroatoms. The molecule has 2 N–H and O–H groups in total. The molecule has 0 aliphatic rings. The molecular formula is C16H15N5OS. The number of carbonyl (C=O) groups is 1. The molecule has 0 aliphatic carbocycles. The largest absolute Gasteiger partial charge is 0.321 e. The second-order valence-corrected chi connectivity index (χ2v) is 5.69. The SMILES string of the molecule is CSc1ccc(NC(=O)c2ccc(-c3n[nH]c(C)n3)cc2)cn1. The van der Waals surface area contributed by atoms with Gasteiger partial charge in [0.25, 0.3) is 5.91 Å². The number of anilines is 1. The molecule has 3 rings (SSSR count). The number of carbonyl (C=O) groups excluding carboxylic acids is 1. The maximum absolute atomic E-state index is 12.2. The van der Waals surface area contributed by atoms with Gasteiger partial charge in [0.05, 0.1) is 16.9 Å². The molecule has 2 aromatic heterocycles. The molecule has 2 heterocycles. The summed E-state index contributed by atoms with van der Waals surface area (Å²) < 4.78 is 0. The number of benzene rings is 1. The van der Waals surface area contributed by atoms with Gasteiger partial charge in [0.2, 0.25) is 0 Å². The van der Waals surface area contributed by atoms with E-state index in [2.05, 4.69) is 25.5 Å². The van der Waals surface area contributed by atoms with Crippen LogP contribution in [0.5, 0.6) is 0 Å². The fraction of sp³-hybridized carbons (Fsp3) is 0.125. The van der Waals surface area contributed by atoms with E-state index in [9.17, 15) is 4.79 Å². The summed E-state index contributed by atoms with van der Waals surface area (Å²) in [5.41, 5.74) is 2.09. The monoisotopic (exact) mass is 325 g/mol. The van der Waals surface area contributed by atoms with Gasteiger partial charge in [0, 0.05) is 11.1 Å². The molecular weight excluding hydrogens is 310 g/mol. The Labute approximate surface area is 137 Å². The van der Waals surface area contributed by atoms with Crippen molar-refractivity contribution >= 4 is 23.4 Å². The Morgan fingerprint density at radius 2 is 1.96 bits per heavy atom. The van der Waals surface area contributed by atoms with Crippen molar-refractivity contribution in [3.8, 4) is 11.4 Å². The molecule has 0 bridgehead atoms. The zero-order valence-corrected chi connectivity index (χ0v) is 13.5. The summed E-state index contributed by atoms with van der Waals surface area (Å²) in [5, 5.41) is 10.6. The molecule has 1 amide bonds. The Balaban J connectivity index is 1.72. The van der Waals surface area contributed by atoms with Crippen molar-refractivity contribution in [1.82, 2.24) is 20.2 Å². The minimum atomic E-state index is -0.179. The number of aryl methyl sites for hydroxylation is 1. The molecule has 6 nitrogen and oxygen atoms in total. The second-order valence-electron chi connectivity index (χ2n) is 4.87. The van der Waals surface area contributed by atoms with E-state index < -0.39 is 0 Å². The van der Waals surface area contributed by atoms with Crippen LogP contribution < -0.4 is 5.32 Å². The number of H-pyrrole nitrogens is 1. The number of hydrogen-bond donors (Lipinski definition) is 2. The molecule has 0 unspecified atom stereocenters. The van der Waals surface area contributed by atoms with Crippen molar-refractivity contribution in [2.75, 3.05) is 11.6 Å².